The highest BCUT2D eigenvalue weighted by atomic mass is 32.2. The molecule has 0 bridgehead atoms. The van der Waals surface area contributed by atoms with Gasteiger partial charge in [-0.1, -0.05) is 35.9 Å². The van der Waals surface area contributed by atoms with Gasteiger partial charge in [0.2, 0.25) is 21.8 Å². The van der Waals surface area contributed by atoms with Crippen molar-refractivity contribution in [3.8, 4) is 0 Å². The number of nitro benzene ring substituents is 1. The molecule has 1 atom stereocenters. The first-order valence-electron chi connectivity index (χ1n) is 11.1. The highest BCUT2D eigenvalue weighted by Gasteiger charge is 2.31. The predicted octanol–water partition coefficient (Wildman–Crippen LogP) is 2.92. The summed E-state index contributed by atoms with van der Waals surface area (Å²) in [5.74, 6) is -0.993. The monoisotopic (exact) mass is 504 g/mol. The second-order valence-electron chi connectivity index (χ2n) is 8.85. The highest BCUT2D eigenvalue weighted by molar-refractivity contribution is 7.92. The summed E-state index contributed by atoms with van der Waals surface area (Å²) in [5.41, 5.74) is 1.93. The number of nitrogens with zero attached hydrogens (tertiary/aromatic N) is 3. The summed E-state index contributed by atoms with van der Waals surface area (Å²) < 4.78 is 26.2. The average molecular weight is 505 g/mol. The number of hydrogen-bond acceptors (Lipinski definition) is 6. The molecule has 0 radical (unpaired) electrons. The van der Waals surface area contributed by atoms with Crippen molar-refractivity contribution in [1.82, 2.24) is 10.2 Å². The Hall–Kier alpha value is -3.47. The summed E-state index contributed by atoms with van der Waals surface area (Å²) in [7, 11) is -3.99. The van der Waals surface area contributed by atoms with Gasteiger partial charge in [0.15, 0.2) is 0 Å². The Bertz CT molecular complexity index is 1210. The normalized spacial score (nSPS) is 12.2. The fourth-order valence-electron chi connectivity index (χ4n) is 3.57. The lowest BCUT2D eigenvalue weighted by Gasteiger charge is -2.32. The van der Waals surface area contributed by atoms with Crippen LogP contribution in [0, 0.1) is 24.0 Å². The molecule has 0 saturated heterocycles. The van der Waals surface area contributed by atoms with Gasteiger partial charge in [0, 0.05) is 24.7 Å². The Morgan fingerprint density at radius 1 is 1.09 bits per heavy atom. The van der Waals surface area contributed by atoms with Crippen LogP contribution in [0.5, 0.6) is 0 Å². The minimum Gasteiger partial charge on any atom is -0.352 e. The number of aryl methyl sites for hydroxylation is 2. The van der Waals surface area contributed by atoms with Crippen LogP contribution >= 0.6 is 0 Å². The Morgan fingerprint density at radius 3 is 2.29 bits per heavy atom. The van der Waals surface area contributed by atoms with Crippen molar-refractivity contribution >= 4 is 33.2 Å². The summed E-state index contributed by atoms with van der Waals surface area (Å²) >= 11 is 0. The molecule has 2 amide bonds. The average Bonchev–Trinajstić information content (AvgIpc) is 2.74. The molecule has 0 aliphatic heterocycles. The Kier molecular flexibility index (Phi) is 8.97. The molecule has 35 heavy (non-hydrogen) atoms. The van der Waals surface area contributed by atoms with Crippen molar-refractivity contribution < 1.29 is 22.9 Å². The van der Waals surface area contributed by atoms with Crippen LogP contribution in [0.3, 0.4) is 0 Å². The van der Waals surface area contributed by atoms with Crippen molar-refractivity contribution in [3.63, 3.8) is 0 Å². The van der Waals surface area contributed by atoms with Gasteiger partial charge in [0.25, 0.3) is 5.69 Å². The maximum atomic E-state index is 13.5. The second kappa shape index (κ2) is 11.3. The van der Waals surface area contributed by atoms with Crippen LogP contribution in [0.1, 0.15) is 37.5 Å². The van der Waals surface area contributed by atoms with Crippen LogP contribution in [0.2, 0.25) is 0 Å². The molecule has 0 aromatic heterocycles. The summed E-state index contributed by atoms with van der Waals surface area (Å²) in [6, 6.07) is 10.2. The summed E-state index contributed by atoms with van der Waals surface area (Å²) in [5, 5.41) is 14.0. The fraction of sp³-hybridized carbons (Fsp3) is 0.417. The molecule has 0 heterocycles. The zero-order valence-corrected chi connectivity index (χ0v) is 21.6. The van der Waals surface area contributed by atoms with E-state index < -0.39 is 33.4 Å². The smallest absolute Gasteiger partial charge is 0.271 e. The molecular weight excluding hydrogens is 472 g/mol. The van der Waals surface area contributed by atoms with Gasteiger partial charge in [-0.05, 0) is 45.7 Å². The van der Waals surface area contributed by atoms with E-state index in [4.69, 9.17) is 0 Å². The Morgan fingerprint density at radius 2 is 1.74 bits per heavy atom. The van der Waals surface area contributed by atoms with E-state index in [0.717, 1.165) is 27.8 Å². The van der Waals surface area contributed by atoms with Gasteiger partial charge in [-0.2, -0.15) is 0 Å². The predicted molar refractivity (Wildman–Crippen MR) is 134 cm³/mol. The van der Waals surface area contributed by atoms with Crippen molar-refractivity contribution in [2.24, 2.45) is 0 Å². The first-order valence-corrected chi connectivity index (χ1v) is 12.9. The van der Waals surface area contributed by atoms with Crippen LogP contribution in [-0.4, -0.2) is 54.9 Å². The third-order valence-electron chi connectivity index (χ3n) is 5.39. The quantitative estimate of drug-likeness (QED) is 0.391. The molecule has 2 rings (SSSR count). The summed E-state index contributed by atoms with van der Waals surface area (Å²) in [6.45, 7) is 8.15. The number of sulfonamides is 1. The number of nitro groups is 1. The van der Waals surface area contributed by atoms with Crippen molar-refractivity contribution in [2.45, 2.75) is 53.2 Å². The molecule has 10 nitrogen and oxygen atoms in total. The molecule has 1 N–H and O–H groups in total. The number of rotatable bonds is 10. The van der Waals surface area contributed by atoms with E-state index in [9.17, 15) is 28.1 Å². The Labute approximate surface area is 206 Å². The SMILES string of the molecule is Cc1cccc(CN(C(=O)CN(c2cc([N+](=O)[O-])ccc2C)S(C)(=O)=O)[C@H](C)C(=O)NC(C)C)c1. The molecule has 0 aliphatic rings. The largest absolute Gasteiger partial charge is 0.352 e. The van der Waals surface area contributed by atoms with Crippen molar-refractivity contribution in [3.05, 3.63) is 69.3 Å². The van der Waals surface area contributed by atoms with Crippen LogP contribution in [-0.2, 0) is 26.2 Å². The summed E-state index contributed by atoms with van der Waals surface area (Å²) in [4.78, 5) is 38.3. The number of amides is 2. The minimum absolute atomic E-state index is 0.0323. The lowest BCUT2D eigenvalue weighted by molar-refractivity contribution is -0.384. The van der Waals surface area contributed by atoms with E-state index in [1.165, 1.54) is 17.0 Å². The van der Waals surface area contributed by atoms with Gasteiger partial charge in [-0.3, -0.25) is 24.0 Å². The van der Waals surface area contributed by atoms with E-state index in [0.29, 0.717) is 5.56 Å². The first-order chi connectivity index (χ1) is 16.2. The third-order valence-corrected chi connectivity index (χ3v) is 6.51. The topological polar surface area (TPSA) is 130 Å². The van der Waals surface area contributed by atoms with E-state index >= 15 is 0 Å². The zero-order chi connectivity index (χ0) is 26.5. The summed E-state index contributed by atoms with van der Waals surface area (Å²) in [6.07, 6.45) is 0.929. The molecular formula is C24H32N4O6S. The standard InChI is InChI=1S/C24H32N4O6S/c1-16(2)25-24(30)19(5)26(14-20-9-7-8-17(3)12-20)23(29)15-27(35(6,33)34)22-13-21(28(31)32)11-10-18(22)4/h7-13,16,19H,14-15H2,1-6H3,(H,25,30)/t19-/m1/s1. The van der Waals surface area contributed by atoms with Crippen molar-refractivity contribution in [1.29, 1.82) is 0 Å². The van der Waals surface area contributed by atoms with Gasteiger partial charge in [0.1, 0.15) is 12.6 Å². The van der Waals surface area contributed by atoms with Crippen LogP contribution in [0.25, 0.3) is 0 Å². The molecule has 11 heteroatoms. The molecule has 2 aromatic rings. The lowest BCUT2D eigenvalue weighted by Crippen LogP contribution is -2.52. The first kappa shape index (κ1) is 27.8. The van der Waals surface area contributed by atoms with Gasteiger partial charge < -0.3 is 10.2 Å². The van der Waals surface area contributed by atoms with Crippen LogP contribution < -0.4 is 9.62 Å². The molecule has 190 valence electrons. The molecule has 0 saturated carbocycles. The number of non-ortho nitro benzene ring substituents is 1. The molecule has 0 spiro atoms. The number of benzene rings is 2. The molecule has 2 aromatic carbocycles. The molecule has 0 fully saturated rings. The Balaban J connectivity index is 2.49. The number of carbonyl (C=O) groups is 2. The number of carbonyl (C=O) groups excluding carboxylic acids is 2. The van der Waals surface area contributed by atoms with Gasteiger partial charge in [-0.15, -0.1) is 0 Å². The molecule has 0 aliphatic carbocycles. The van der Waals surface area contributed by atoms with Crippen molar-refractivity contribution in [2.75, 3.05) is 17.1 Å². The lowest BCUT2D eigenvalue weighted by atomic mass is 10.1. The van der Waals surface area contributed by atoms with Gasteiger partial charge in [-0.25, -0.2) is 8.42 Å². The fourth-order valence-corrected chi connectivity index (χ4v) is 4.47. The number of hydrogen-bond donors (Lipinski definition) is 1. The van der Waals surface area contributed by atoms with Gasteiger partial charge in [0.05, 0.1) is 16.9 Å². The number of anilines is 1. The van der Waals surface area contributed by atoms with E-state index in [-0.39, 0.29) is 29.9 Å². The molecule has 0 unspecified atom stereocenters. The maximum absolute atomic E-state index is 13.5. The van der Waals surface area contributed by atoms with E-state index in [2.05, 4.69) is 5.32 Å². The van der Waals surface area contributed by atoms with Crippen LogP contribution in [0.15, 0.2) is 42.5 Å². The third kappa shape index (κ3) is 7.51. The van der Waals surface area contributed by atoms with E-state index in [1.54, 1.807) is 27.7 Å². The number of nitrogens with one attached hydrogen (secondary N) is 1. The van der Waals surface area contributed by atoms with Gasteiger partial charge >= 0.3 is 0 Å². The second-order valence-corrected chi connectivity index (χ2v) is 10.8. The van der Waals surface area contributed by atoms with Crippen LogP contribution in [0.4, 0.5) is 11.4 Å². The maximum Gasteiger partial charge on any atom is 0.271 e. The van der Waals surface area contributed by atoms with E-state index in [1.807, 2.05) is 31.2 Å². The highest BCUT2D eigenvalue weighted by Crippen LogP contribution is 2.28. The zero-order valence-electron chi connectivity index (χ0n) is 20.8. The minimum atomic E-state index is -3.99.